The van der Waals surface area contributed by atoms with E-state index < -0.39 is 11.0 Å². The van der Waals surface area contributed by atoms with Gasteiger partial charge in [-0.25, -0.2) is 4.79 Å². The third-order valence-corrected chi connectivity index (χ3v) is 4.72. The smallest absolute Gasteiger partial charge is 0.407 e. The lowest BCUT2D eigenvalue weighted by molar-refractivity contribution is -0.384. The van der Waals surface area contributed by atoms with Crippen LogP contribution in [0.5, 0.6) is 0 Å². The molecule has 126 valence electrons. The molecular formula is C16H21ClN2O4. The van der Waals surface area contributed by atoms with Crippen LogP contribution in [0.25, 0.3) is 0 Å². The number of halogens is 1. The van der Waals surface area contributed by atoms with Gasteiger partial charge in [0.05, 0.1) is 9.95 Å². The summed E-state index contributed by atoms with van der Waals surface area (Å²) in [7, 11) is 0. The van der Waals surface area contributed by atoms with E-state index in [1.807, 2.05) is 0 Å². The van der Waals surface area contributed by atoms with Gasteiger partial charge in [-0.1, -0.05) is 36.9 Å². The number of rotatable bonds is 6. The standard InChI is InChI=1S/C16H21ClN2O4/c17-15-10-14(19(22)23)7-6-13(15)8-9-18(16(20)21)11-12-4-2-1-3-5-12/h6-7,10,12H,1-5,8-9,11H2,(H,20,21). The monoisotopic (exact) mass is 340 g/mol. The quantitative estimate of drug-likeness (QED) is 0.616. The molecule has 0 aliphatic heterocycles. The van der Waals surface area contributed by atoms with Crippen molar-refractivity contribution in [2.24, 2.45) is 5.92 Å². The number of nitro groups is 1. The zero-order chi connectivity index (χ0) is 16.8. The van der Waals surface area contributed by atoms with E-state index in [2.05, 4.69) is 0 Å². The van der Waals surface area contributed by atoms with E-state index in [-0.39, 0.29) is 5.69 Å². The highest BCUT2D eigenvalue weighted by atomic mass is 35.5. The normalized spacial score (nSPS) is 15.3. The maximum atomic E-state index is 11.4. The van der Waals surface area contributed by atoms with Crippen LogP contribution >= 0.6 is 11.6 Å². The second kappa shape index (κ2) is 8.15. The van der Waals surface area contributed by atoms with Crippen LogP contribution < -0.4 is 0 Å². The van der Waals surface area contributed by atoms with Crippen LogP contribution in [0.4, 0.5) is 10.5 Å². The molecule has 0 aromatic heterocycles. The minimum Gasteiger partial charge on any atom is -0.465 e. The second-order valence-electron chi connectivity index (χ2n) is 6.02. The summed E-state index contributed by atoms with van der Waals surface area (Å²) < 4.78 is 0. The molecule has 1 saturated carbocycles. The van der Waals surface area contributed by atoms with Crippen LogP contribution in [-0.2, 0) is 6.42 Å². The Labute approximate surface area is 140 Å². The van der Waals surface area contributed by atoms with Crippen LogP contribution in [-0.4, -0.2) is 34.1 Å². The predicted molar refractivity (Wildman–Crippen MR) is 88.0 cm³/mol. The highest BCUT2D eigenvalue weighted by molar-refractivity contribution is 6.31. The van der Waals surface area contributed by atoms with Crippen molar-refractivity contribution in [2.75, 3.05) is 13.1 Å². The first kappa shape index (κ1) is 17.5. The summed E-state index contributed by atoms with van der Waals surface area (Å²) in [5, 5.41) is 20.4. The molecule has 2 rings (SSSR count). The number of amides is 1. The van der Waals surface area contributed by atoms with Gasteiger partial charge in [0, 0.05) is 25.2 Å². The maximum absolute atomic E-state index is 11.4. The molecule has 1 aliphatic carbocycles. The summed E-state index contributed by atoms with van der Waals surface area (Å²) in [6.45, 7) is 0.906. The third-order valence-electron chi connectivity index (χ3n) is 4.37. The lowest BCUT2D eigenvalue weighted by atomic mass is 9.89. The van der Waals surface area contributed by atoms with Crippen LogP contribution in [0, 0.1) is 16.0 Å². The zero-order valence-electron chi connectivity index (χ0n) is 12.9. The fourth-order valence-electron chi connectivity index (χ4n) is 3.05. The third kappa shape index (κ3) is 5.10. The van der Waals surface area contributed by atoms with Crippen molar-refractivity contribution in [3.63, 3.8) is 0 Å². The molecular weight excluding hydrogens is 320 g/mol. The molecule has 0 radical (unpaired) electrons. The van der Waals surface area contributed by atoms with E-state index in [0.717, 1.165) is 18.4 Å². The van der Waals surface area contributed by atoms with Crippen LogP contribution in [0.3, 0.4) is 0 Å². The molecule has 0 spiro atoms. The highest BCUT2D eigenvalue weighted by Crippen LogP contribution is 2.26. The van der Waals surface area contributed by atoms with Crippen molar-refractivity contribution in [1.82, 2.24) is 4.90 Å². The van der Waals surface area contributed by atoms with Gasteiger partial charge in [0.2, 0.25) is 0 Å². The van der Waals surface area contributed by atoms with Crippen LogP contribution in [0.1, 0.15) is 37.7 Å². The molecule has 0 saturated heterocycles. The number of carboxylic acid groups (broad SMARTS) is 1. The Morgan fingerprint density at radius 3 is 2.61 bits per heavy atom. The van der Waals surface area contributed by atoms with Crippen molar-refractivity contribution < 1.29 is 14.8 Å². The largest absolute Gasteiger partial charge is 0.465 e. The summed E-state index contributed by atoms with van der Waals surface area (Å²) >= 11 is 6.06. The Balaban J connectivity index is 1.95. The van der Waals surface area contributed by atoms with E-state index >= 15 is 0 Å². The average molecular weight is 341 g/mol. The van der Waals surface area contributed by atoms with Crippen LogP contribution in [0.2, 0.25) is 5.02 Å². The molecule has 1 aromatic carbocycles. The van der Waals surface area contributed by atoms with Crippen molar-refractivity contribution in [3.8, 4) is 0 Å². The molecule has 6 nitrogen and oxygen atoms in total. The molecule has 1 aliphatic rings. The van der Waals surface area contributed by atoms with Crippen LogP contribution in [0.15, 0.2) is 18.2 Å². The SMILES string of the molecule is O=C(O)N(CCc1ccc([N+](=O)[O-])cc1Cl)CC1CCCCC1. The number of hydrogen-bond donors (Lipinski definition) is 1. The molecule has 0 bridgehead atoms. The lowest BCUT2D eigenvalue weighted by Crippen LogP contribution is -2.36. The van der Waals surface area contributed by atoms with E-state index in [1.165, 1.54) is 36.3 Å². The summed E-state index contributed by atoms with van der Waals surface area (Å²) in [5.74, 6) is 0.437. The summed E-state index contributed by atoms with van der Waals surface area (Å²) in [5.41, 5.74) is 0.670. The average Bonchev–Trinajstić information content (AvgIpc) is 2.53. The maximum Gasteiger partial charge on any atom is 0.407 e. The van der Waals surface area contributed by atoms with Gasteiger partial charge in [-0.05, 0) is 30.7 Å². The van der Waals surface area contributed by atoms with E-state index in [0.29, 0.717) is 30.5 Å². The van der Waals surface area contributed by atoms with Gasteiger partial charge in [0.25, 0.3) is 5.69 Å². The zero-order valence-corrected chi connectivity index (χ0v) is 13.7. The van der Waals surface area contributed by atoms with Gasteiger partial charge in [-0.2, -0.15) is 0 Å². The Morgan fingerprint density at radius 1 is 1.35 bits per heavy atom. The summed E-state index contributed by atoms with van der Waals surface area (Å²) in [6, 6.07) is 4.30. The van der Waals surface area contributed by atoms with E-state index in [9.17, 15) is 20.0 Å². The molecule has 0 heterocycles. The number of carbonyl (C=O) groups is 1. The first-order chi connectivity index (χ1) is 11.0. The van der Waals surface area contributed by atoms with Crippen molar-refractivity contribution >= 4 is 23.4 Å². The predicted octanol–water partition coefficient (Wildman–Crippen LogP) is 4.35. The second-order valence-corrected chi connectivity index (χ2v) is 6.42. The highest BCUT2D eigenvalue weighted by Gasteiger charge is 2.20. The van der Waals surface area contributed by atoms with Gasteiger partial charge in [0.1, 0.15) is 0 Å². The first-order valence-electron chi connectivity index (χ1n) is 7.88. The first-order valence-corrected chi connectivity index (χ1v) is 8.26. The summed E-state index contributed by atoms with van der Waals surface area (Å²) in [6.07, 6.45) is 5.29. The minimum absolute atomic E-state index is 0.0592. The number of benzene rings is 1. The van der Waals surface area contributed by atoms with E-state index in [1.54, 1.807) is 6.07 Å². The fourth-order valence-corrected chi connectivity index (χ4v) is 3.32. The molecule has 0 unspecified atom stereocenters. The molecule has 1 aromatic rings. The molecule has 0 atom stereocenters. The molecule has 7 heteroatoms. The Morgan fingerprint density at radius 2 is 2.04 bits per heavy atom. The minimum atomic E-state index is -0.923. The van der Waals surface area contributed by atoms with E-state index in [4.69, 9.17) is 11.6 Å². The Bertz CT molecular complexity index is 573. The molecule has 23 heavy (non-hydrogen) atoms. The lowest BCUT2D eigenvalue weighted by Gasteiger charge is -2.28. The number of nitro benzene ring substituents is 1. The molecule has 1 N–H and O–H groups in total. The molecule has 1 amide bonds. The fraction of sp³-hybridized carbons (Fsp3) is 0.562. The van der Waals surface area contributed by atoms with Gasteiger partial charge >= 0.3 is 6.09 Å². The van der Waals surface area contributed by atoms with Gasteiger partial charge in [-0.3, -0.25) is 10.1 Å². The number of hydrogen-bond acceptors (Lipinski definition) is 3. The van der Waals surface area contributed by atoms with Crippen molar-refractivity contribution in [2.45, 2.75) is 38.5 Å². The van der Waals surface area contributed by atoms with Crippen molar-refractivity contribution in [3.05, 3.63) is 38.9 Å². The number of nitrogens with zero attached hydrogens (tertiary/aromatic N) is 2. The van der Waals surface area contributed by atoms with Crippen molar-refractivity contribution in [1.29, 1.82) is 0 Å². The number of non-ortho nitro benzene ring substituents is 1. The van der Waals surface area contributed by atoms with Gasteiger partial charge < -0.3 is 10.0 Å². The van der Waals surface area contributed by atoms with Gasteiger partial charge in [0.15, 0.2) is 0 Å². The van der Waals surface area contributed by atoms with Gasteiger partial charge in [-0.15, -0.1) is 0 Å². The molecule has 1 fully saturated rings. The summed E-state index contributed by atoms with van der Waals surface area (Å²) in [4.78, 5) is 23.1. The topological polar surface area (TPSA) is 83.7 Å². The Hall–Kier alpha value is -1.82. The Kier molecular flexibility index (Phi) is 6.21.